The van der Waals surface area contributed by atoms with Crippen LogP contribution in [0.2, 0.25) is 0 Å². The van der Waals surface area contributed by atoms with E-state index in [0.29, 0.717) is 17.5 Å². The lowest BCUT2D eigenvalue weighted by molar-refractivity contribution is -0.128. The number of thioether (sulfide) groups is 1. The number of amides is 2. The van der Waals surface area contributed by atoms with Crippen LogP contribution < -0.4 is 10.9 Å². The molecule has 0 unspecified atom stereocenters. The molecule has 7 nitrogen and oxygen atoms in total. The van der Waals surface area contributed by atoms with E-state index in [9.17, 15) is 9.59 Å². The number of rotatable bonds is 5. The van der Waals surface area contributed by atoms with E-state index in [0.717, 1.165) is 11.8 Å². The Morgan fingerprint density at radius 3 is 2.32 bits per heavy atom. The van der Waals surface area contributed by atoms with Crippen molar-refractivity contribution in [1.29, 1.82) is 0 Å². The predicted octanol–water partition coefficient (Wildman–Crippen LogP) is 2.04. The topological polar surface area (TPSA) is 97.1 Å². The number of nitrogens with zero attached hydrogens (tertiary/aromatic N) is 2. The van der Waals surface area contributed by atoms with E-state index in [2.05, 4.69) is 21.0 Å². The van der Waals surface area contributed by atoms with Gasteiger partial charge in [0.25, 0.3) is 11.1 Å². The van der Waals surface area contributed by atoms with Crippen LogP contribution in [0.25, 0.3) is 0 Å². The summed E-state index contributed by atoms with van der Waals surface area (Å²) in [6, 6.07) is 0. The number of hydrazine groups is 1. The minimum Gasteiger partial charge on any atom is -0.415 e. The van der Waals surface area contributed by atoms with Crippen LogP contribution in [0.3, 0.4) is 0 Å². The maximum Gasteiger partial charge on any atom is 0.277 e. The standard InChI is InChI=1S/C14H24N4O3S/c1-8(2)7-10(19)15-16-11(20)9(3)22-13-18-17-12(21-13)14(4,5)6/h8-9H,7H2,1-6H3,(H,15,19)(H,16,20)/t9-/m1/s1. The third-order valence-corrected chi connectivity index (χ3v) is 3.55. The Labute approximate surface area is 135 Å². The molecule has 0 spiro atoms. The third kappa shape index (κ3) is 6.05. The first-order valence-electron chi connectivity index (χ1n) is 7.19. The van der Waals surface area contributed by atoms with E-state index in [-0.39, 0.29) is 23.1 Å². The lowest BCUT2D eigenvalue weighted by atomic mass is 9.97. The van der Waals surface area contributed by atoms with Gasteiger partial charge in [0.2, 0.25) is 11.8 Å². The Bertz CT molecular complexity index is 522. The highest BCUT2D eigenvalue weighted by atomic mass is 32.2. The first-order chi connectivity index (χ1) is 10.1. The van der Waals surface area contributed by atoms with Gasteiger partial charge in [-0.25, -0.2) is 0 Å². The number of carbonyl (C=O) groups is 2. The minimum atomic E-state index is -0.465. The zero-order valence-electron chi connectivity index (χ0n) is 13.9. The maximum atomic E-state index is 11.9. The summed E-state index contributed by atoms with van der Waals surface area (Å²) in [5.41, 5.74) is 4.55. The van der Waals surface area contributed by atoms with E-state index >= 15 is 0 Å². The Morgan fingerprint density at radius 2 is 1.82 bits per heavy atom. The van der Waals surface area contributed by atoms with Crippen LogP contribution in [0.15, 0.2) is 9.64 Å². The Morgan fingerprint density at radius 1 is 1.18 bits per heavy atom. The zero-order valence-corrected chi connectivity index (χ0v) is 14.7. The van der Waals surface area contributed by atoms with Gasteiger partial charge in [0.1, 0.15) is 0 Å². The van der Waals surface area contributed by atoms with Crippen LogP contribution in [-0.4, -0.2) is 27.3 Å². The molecule has 22 heavy (non-hydrogen) atoms. The monoisotopic (exact) mass is 328 g/mol. The fraction of sp³-hybridized carbons (Fsp3) is 0.714. The molecule has 0 aliphatic rings. The van der Waals surface area contributed by atoms with E-state index in [1.165, 1.54) is 0 Å². The molecule has 124 valence electrons. The summed E-state index contributed by atoms with van der Waals surface area (Å²) in [4.78, 5) is 23.4. The van der Waals surface area contributed by atoms with Gasteiger partial charge < -0.3 is 4.42 Å². The van der Waals surface area contributed by atoms with Crippen LogP contribution in [0.5, 0.6) is 0 Å². The van der Waals surface area contributed by atoms with Crippen LogP contribution in [0.4, 0.5) is 0 Å². The van der Waals surface area contributed by atoms with Crippen molar-refractivity contribution in [2.45, 2.75) is 63.9 Å². The molecule has 0 aliphatic carbocycles. The third-order valence-electron chi connectivity index (χ3n) is 2.61. The lowest BCUT2D eigenvalue weighted by Gasteiger charge is -2.12. The number of hydrogen-bond donors (Lipinski definition) is 2. The van der Waals surface area contributed by atoms with Gasteiger partial charge in [-0.1, -0.05) is 46.4 Å². The van der Waals surface area contributed by atoms with Crippen LogP contribution in [0.1, 0.15) is 53.9 Å². The molecule has 0 fully saturated rings. The molecule has 2 N–H and O–H groups in total. The van der Waals surface area contributed by atoms with Gasteiger partial charge in [0, 0.05) is 11.8 Å². The summed E-state index contributed by atoms with van der Waals surface area (Å²) in [5.74, 6) is 0.219. The normalized spacial score (nSPS) is 13.0. The molecule has 2 amide bonds. The van der Waals surface area contributed by atoms with Gasteiger partial charge in [-0.05, 0) is 12.8 Å². The summed E-state index contributed by atoms with van der Waals surface area (Å²) in [6.07, 6.45) is 0.362. The minimum absolute atomic E-state index is 0.214. The van der Waals surface area contributed by atoms with Crippen molar-refractivity contribution < 1.29 is 14.0 Å². The van der Waals surface area contributed by atoms with Crippen molar-refractivity contribution in [2.24, 2.45) is 5.92 Å². The molecule has 0 aromatic carbocycles. The first kappa shape index (κ1) is 18.5. The second kappa shape index (κ2) is 7.62. The summed E-state index contributed by atoms with van der Waals surface area (Å²) in [6.45, 7) is 11.5. The molecule has 1 atom stereocenters. The van der Waals surface area contributed by atoms with E-state index < -0.39 is 5.25 Å². The molecule has 0 saturated carbocycles. The van der Waals surface area contributed by atoms with Crippen molar-refractivity contribution in [2.75, 3.05) is 0 Å². The predicted molar refractivity (Wildman–Crippen MR) is 84.1 cm³/mol. The van der Waals surface area contributed by atoms with Gasteiger partial charge in [-0.2, -0.15) is 0 Å². The molecule has 1 aromatic rings. The van der Waals surface area contributed by atoms with Crippen LogP contribution in [0, 0.1) is 5.92 Å². The van der Waals surface area contributed by atoms with E-state index in [1.807, 2.05) is 34.6 Å². The van der Waals surface area contributed by atoms with Gasteiger partial charge in [-0.3, -0.25) is 20.4 Å². The SMILES string of the molecule is CC(C)CC(=O)NNC(=O)[C@@H](C)Sc1nnc(C(C)(C)C)o1. The molecule has 0 radical (unpaired) electrons. The fourth-order valence-corrected chi connectivity index (χ4v) is 2.10. The van der Waals surface area contributed by atoms with Gasteiger partial charge in [0.15, 0.2) is 0 Å². The molecule has 1 rings (SSSR count). The summed E-state index contributed by atoms with van der Waals surface area (Å²) in [5, 5.41) is 7.76. The Kier molecular flexibility index (Phi) is 6.40. The quantitative estimate of drug-likeness (QED) is 0.634. The molecule has 1 heterocycles. The summed E-state index contributed by atoms with van der Waals surface area (Å²) >= 11 is 1.15. The lowest BCUT2D eigenvalue weighted by Crippen LogP contribution is -2.45. The second-order valence-electron chi connectivity index (χ2n) is 6.52. The highest BCUT2D eigenvalue weighted by Gasteiger charge is 2.24. The summed E-state index contributed by atoms with van der Waals surface area (Å²) < 4.78 is 5.52. The molecule has 8 heteroatoms. The number of nitrogens with one attached hydrogen (secondary N) is 2. The zero-order chi connectivity index (χ0) is 16.9. The van der Waals surface area contributed by atoms with Gasteiger partial charge in [-0.15, -0.1) is 10.2 Å². The molecule has 0 aliphatic heterocycles. The van der Waals surface area contributed by atoms with Crippen molar-refractivity contribution in [3.8, 4) is 0 Å². The summed E-state index contributed by atoms with van der Waals surface area (Å²) in [7, 11) is 0. The molecular weight excluding hydrogens is 304 g/mol. The Hall–Kier alpha value is -1.57. The van der Waals surface area contributed by atoms with E-state index in [1.54, 1.807) is 6.92 Å². The average Bonchev–Trinajstić information content (AvgIpc) is 2.83. The first-order valence-corrected chi connectivity index (χ1v) is 8.07. The highest BCUT2D eigenvalue weighted by Crippen LogP contribution is 2.26. The van der Waals surface area contributed by atoms with Crippen LogP contribution in [-0.2, 0) is 15.0 Å². The van der Waals surface area contributed by atoms with Crippen molar-refractivity contribution in [3.63, 3.8) is 0 Å². The molecule has 0 saturated heterocycles. The van der Waals surface area contributed by atoms with Crippen molar-refractivity contribution >= 4 is 23.6 Å². The largest absolute Gasteiger partial charge is 0.415 e. The van der Waals surface area contributed by atoms with Crippen molar-refractivity contribution in [1.82, 2.24) is 21.0 Å². The molecular formula is C14H24N4O3S. The fourth-order valence-electron chi connectivity index (χ4n) is 1.42. The Balaban J connectivity index is 2.47. The maximum absolute atomic E-state index is 11.9. The number of carbonyl (C=O) groups excluding carboxylic acids is 2. The van der Waals surface area contributed by atoms with Crippen LogP contribution >= 0.6 is 11.8 Å². The molecule has 0 bridgehead atoms. The van der Waals surface area contributed by atoms with Gasteiger partial charge in [0.05, 0.1) is 5.25 Å². The average molecular weight is 328 g/mol. The number of aromatic nitrogens is 2. The van der Waals surface area contributed by atoms with Crippen molar-refractivity contribution in [3.05, 3.63) is 5.89 Å². The van der Waals surface area contributed by atoms with Gasteiger partial charge >= 0.3 is 0 Å². The molecule has 1 aromatic heterocycles. The second-order valence-corrected chi connectivity index (χ2v) is 7.81. The smallest absolute Gasteiger partial charge is 0.277 e. The number of hydrogen-bond acceptors (Lipinski definition) is 6. The van der Waals surface area contributed by atoms with E-state index in [4.69, 9.17) is 4.42 Å². The highest BCUT2D eigenvalue weighted by molar-refractivity contribution is 8.00.